The van der Waals surface area contributed by atoms with Crippen LogP contribution in [0.15, 0.2) is 11.8 Å². The molecule has 1 fully saturated rings. The highest BCUT2D eigenvalue weighted by molar-refractivity contribution is 5.05. The van der Waals surface area contributed by atoms with Gasteiger partial charge in [-0.05, 0) is 38.2 Å². The molecule has 0 aromatic heterocycles. The molecule has 0 saturated heterocycles. The third-order valence-electron chi connectivity index (χ3n) is 2.88. The van der Waals surface area contributed by atoms with E-state index < -0.39 is 0 Å². The van der Waals surface area contributed by atoms with Crippen molar-refractivity contribution in [1.82, 2.24) is 0 Å². The van der Waals surface area contributed by atoms with Crippen molar-refractivity contribution in [2.75, 3.05) is 0 Å². The molecule has 1 heterocycles. The molecule has 0 N–H and O–H groups in total. The molecule has 2 rings (SSSR count). The Morgan fingerprint density at radius 2 is 2.27 bits per heavy atom. The molecule has 11 heavy (non-hydrogen) atoms. The second kappa shape index (κ2) is 2.54. The zero-order chi connectivity index (χ0) is 7.84. The van der Waals surface area contributed by atoms with Crippen molar-refractivity contribution in [2.45, 2.75) is 39.2 Å². The zero-order valence-corrected chi connectivity index (χ0v) is 7.34. The van der Waals surface area contributed by atoms with Gasteiger partial charge in [0, 0.05) is 5.92 Å². The summed E-state index contributed by atoms with van der Waals surface area (Å²) in [5.74, 6) is 2.79. The van der Waals surface area contributed by atoms with Crippen LogP contribution >= 0.6 is 0 Å². The summed E-state index contributed by atoms with van der Waals surface area (Å²) in [4.78, 5) is 0. The molecule has 1 heteroatoms. The first-order chi connectivity index (χ1) is 5.25. The Labute approximate surface area is 68.4 Å². The lowest BCUT2D eigenvalue weighted by atomic mass is 9.81. The summed E-state index contributed by atoms with van der Waals surface area (Å²) in [5, 5.41) is 0. The van der Waals surface area contributed by atoms with Crippen molar-refractivity contribution in [3.8, 4) is 0 Å². The van der Waals surface area contributed by atoms with E-state index in [-0.39, 0.29) is 0 Å². The molecule has 0 aromatic rings. The van der Waals surface area contributed by atoms with Crippen molar-refractivity contribution >= 4 is 0 Å². The van der Waals surface area contributed by atoms with Crippen LogP contribution in [0.3, 0.4) is 0 Å². The lowest BCUT2D eigenvalue weighted by molar-refractivity contribution is 0.0689. The minimum Gasteiger partial charge on any atom is -0.495 e. The molecule has 0 aromatic carbocycles. The highest BCUT2D eigenvalue weighted by atomic mass is 16.5. The maximum absolute atomic E-state index is 5.67. The van der Waals surface area contributed by atoms with Gasteiger partial charge in [-0.2, -0.15) is 0 Å². The summed E-state index contributed by atoms with van der Waals surface area (Å²) in [7, 11) is 0. The molecule has 1 nitrogen and oxygen atoms in total. The number of allylic oxidation sites excluding steroid dienone is 1. The molecular weight excluding hydrogens is 136 g/mol. The molecule has 62 valence electrons. The fourth-order valence-electron chi connectivity index (χ4n) is 2.30. The number of rotatable bonds is 0. The third kappa shape index (κ3) is 1.29. The van der Waals surface area contributed by atoms with Gasteiger partial charge in [-0.25, -0.2) is 0 Å². The van der Waals surface area contributed by atoms with Crippen LogP contribution in [0.4, 0.5) is 0 Å². The lowest BCUT2D eigenvalue weighted by Gasteiger charge is -2.28. The van der Waals surface area contributed by atoms with Gasteiger partial charge in [0.25, 0.3) is 0 Å². The third-order valence-corrected chi connectivity index (χ3v) is 2.88. The van der Waals surface area contributed by atoms with Crippen molar-refractivity contribution < 1.29 is 4.74 Å². The quantitative estimate of drug-likeness (QED) is 0.518. The van der Waals surface area contributed by atoms with Crippen LogP contribution in [-0.4, -0.2) is 6.10 Å². The van der Waals surface area contributed by atoms with Gasteiger partial charge >= 0.3 is 0 Å². The van der Waals surface area contributed by atoms with Crippen molar-refractivity contribution in [2.24, 2.45) is 11.8 Å². The predicted molar refractivity (Wildman–Crippen MR) is 45.1 cm³/mol. The highest BCUT2D eigenvalue weighted by Crippen LogP contribution is 2.37. The molecule has 0 spiro atoms. The van der Waals surface area contributed by atoms with Crippen LogP contribution in [0, 0.1) is 11.8 Å². The standard InChI is InChI=1S/C10H16O/c1-7-3-4-10-9(5-7)6-8(2)11-10/h6-7,9-10H,3-5H2,1-2H3. The van der Waals surface area contributed by atoms with Crippen LogP contribution in [0.2, 0.25) is 0 Å². The van der Waals surface area contributed by atoms with E-state index in [2.05, 4.69) is 19.9 Å². The minimum absolute atomic E-state index is 0.534. The monoisotopic (exact) mass is 152 g/mol. The maximum atomic E-state index is 5.67. The first-order valence-electron chi connectivity index (χ1n) is 4.61. The molecule has 1 aliphatic carbocycles. The normalized spacial score (nSPS) is 42.7. The molecule has 3 unspecified atom stereocenters. The van der Waals surface area contributed by atoms with Crippen LogP contribution in [0.1, 0.15) is 33.1 Å². The second-order valence-corrected chi connectivity index (χ2v) is 4.02. The molecular formula is C10H16O. The van der Waals surface area contributed by atoms with E-state index in [1.807, 2.05) is 0 Å². The van der Waals surface area contributed by atoms with Gasteiger partial charge in [0.05, 0.1) is 5.76 Å². The van der Waals surface area contributed by atoms with Gasteiger partial charge in [0.1, 0.15) is 6.10 Å². The molecule has 2 aliphatic rings. The van der Waals surface area contributed by atoms with Gasteiger partial charge in [-0.15, -0.1) is 0 Å². The van der Waals surface area contributed by atoms with E-state index in [0.717, 1.165) is 17.6 Å². The van der Waals surface area contributed by atoms with Crippen molar-refractivity contribution in [3.05, 3.63) is 11.8 Å². The van der Waals surface area contributed by atoms with Crippen molar-refractivity contribution in [3.63, 3.8) is 0 Å². The van der Waals surface area contributed by atoms with Crippen molar-refractivity contribution in [1.29, 1.82) is 0 Å². The van der Waals surface area contributed by atoms with Gasteiger partial charge in [0.2, 0.25) is 0 Å². The average molecular weight is 152 g/mol. The Kier molecular flexibility index (Phi) is 1.67. The number of hydrogen-bond donors (Lipinski definition) is 0. The van der Waals surface area contributed by atoms with Gasteiger partial charge < -0.3 is 4.74 Å². The summed E-state index contributed by atoms with van der Waals surface area (Å²) in [6, 6.07) is 0. The van der Waals surface area contributed by atoms with E-state index in [1.165, 1.54) is 19.3 Å². The number of fused-ring (bicyclic) bond motifs is 1. The fraction of sp³-hybridized carbons (Fsp3) is 0.800. The van der Waals surface area contributed by atoms with Crippen LogP contribution < -0.4 is 0 Å². The molecule has 3 atom stereocenters. The topological polar surface area (TPSA) is 9.23 Å². The second-order valence-electron chi connectivity index (χ2n) is 4.02. The summed E-state index contributed by atoms with van der Waals surface area (Å²) in [6.45, 7) is 4.42. The first-order valence-corrected chi connectivity index (χ1v) is 4.61. The fourth-order valence-corrected chi connectivity index (χ4v) is 2.30. The zero-order valence-electron chi connectivity index (χ0n) is 7.34. The highest BCUT2D eigenvalue weighted by Gasteiger charge is 2.32. The summed E-state index contributed by atoms with van der Waals surface area (Å²) < 4.78 is 5.67. The predicted octanol–water partition coefficient (Wildman–Crippen LogP) is 2.73. The van der Waals surface area contributed by atoms with E-state index in [0.29, 0.717) is 6.10 Å². The Bertz CT molecular complexity index is 183. The first kappa shape index (κ1) is 7.20. The molecule has 0 amide bonds. The van der Waals surface area contributed by atoms with Gasteiger partial charge in [0.15, 0.2) is 0 Å². The molecule has 0 radical (unpaired) electrons. The van der Waals surface area contributed by atoms with Crippen LogP contribution in [-0.2, 0) is 4.74 Å². The van der Waals surface area contributed by atoms with Gasteiger partial charge in [-0.1, -0.05) is 6.92 Å². The smallest absolute Gasteiger partial charge is 0.105 e. The van der Waals surface area contributed by atoms with Crippen LogP contribution in [0.25, 0.3) is 0 Å². The van der Waals surface area contributed by atoms with E-state index in [4.69, 9.17) is 4.74 Å². The maximum Gasteiger partial charge on any atom is 0.105 e. The largest absolute Gasteiger partial charge is 0.495 e. The van der Waals surface area contributed by atoms with Gasteiger partial charge in [-0.3, -0.25) is 0 Å². The van der Waals surface area contributed by atoms with Crippen LogP contribution in [0.5, 0.6) is 0 Å². The van der Waals surface area contributed by atoms with E-state index >= 15 is 0 Å². The summed E-state index contributed by atoms with van der Waals surface area (Å²) in [6.07, 6.45) is 6.79. The molecule has 1 aliphatic heterocycles. The Hall–Kier alpha value is -0.460. The number of ether oxygens (including phenoxy) is 1. The minimum atomic E-state index is 0.534. The molecule has 1 saturated carbocycles. The lowest BCUT2D eigenvalue weighted by Crippen LogP contribution is -2.24. The Morgan fingerprint density at radius 1 is 1.45 bits per heavy atom. The Balaban J connectivity index is 2.05. The Morgan fingerprint density at radius 3 is 3.09 bits per heavy atom. The molecule has 0 bridgehead atoms. The average Bonchev–Trinajstić information content (AvgIpc) is 2.27. The van der Waals surface area contributed by atoms with E-state index in [1.54, 1.807) is 0 Å². The van der Waals surface area contributed by atoms with E-state index in [9.17, 15) is 0 Å². The SMILES string of the molecule is CC1=CC2CC(C)CCC2O1. The summed E-state index contributed by atoms with van der Waals surface area (Å²) >= 11 is 0. The number of hydrogen-bond acceptors (Lipinski definition) is 1. The summed E-state index contributed by atoms with van der Waals surface area (Å²) in [5.41, 5.74) is 0.